The zero-order valence-corrected chi connectivity index (χ0v) is 24.9. The molecule has 4 N–H and O–H groups in total. The zero-order valence-electron chi connectivity index (χ0n) is 24.1. The first kappa shape index (κ1) is 33.3. The van der Waals surface area contributed by atoms with E-state index in [9.17, 15) is 28.2 Å². The number of carbonyl (C=O) groups is 2. The molecule has 1 aliphatic rings. The molecular formula is C29H40N2O10S. The highest BCUT2D eigenvalue weighted by molar-refractivity contribution is 7.89. The lowest BCUT2D eigenvalue weighted by Crippen LogP contribution is -2.56. The van der Waals surface area contributed by atoms with Gasteiger partial charge in [0.05, 0.1) is 30.1 Å². The van der Waals surface area contributed by atoms with Gasteiger partial charge >= 0.3 is 11.9 Å². The summed E-state index contributed by atoms with van der Waals surface area (Å²) in [5.74, 6) is -1.04. The number of anilines is 1. The molecule has 1 unspecified atom stereocenters. The van der Waals surface area contributed by atoms with Crippen molar-refractivity contribution in [2.45, 2.75) is 82.3 Å². The van der Waals surface area contributed by atoms with Gasteiger partial charge in [-0.05, 0) is 37.1 Å². The van der Waals surface area contributed by atoms with Crippen LogP contribution in [0.5, 0.6) is 11.5 Å². The molecule has 0 saturated carbocycles. The quantitative estimate of drug-likeness (QED) is 0.173. The summed E-state index contributed by atoms with van der Waals surface area (Å²) in [7, 11) is -4.55. The summed E-state index contributed by atoms with van der Waals surface area (Å²) in [4.78, 5) is 23.8. The van der Waals surface area contributed by atoms with Gasteiger partial charge in [0.15, 0.2) is 5.75 Å². The summed E-state index contributed by atoms with van der Waals surface area (Å²) >= 11 is 0. The number of hydrogen-bond acceptors (Lipinski definition) is 11. The van der Waals surface area contributed by atoms with Gasteiger partial charge in [0.2, 0.25) is 10.0 Å². The Kier molecular flexibility index (Phi) is 12.6. The largest absolute Gasteiger partial charge is 0.463 e. The van der Waals surface area contributed by atoms with E-state index >= 15 is 0 Å². The van der Waals surface area contributed by atoms with Crippen LogP contribution in [0.2, 0.25) is 0 Å². The van der Waals surface area contributed by atoms with Gasteiger partial charge in [0, 0.05) is 19.9 Å². The summed E-state index contributed by atoms with van der Waals surface area (Å²) < 4.78 is 52.1. The van der Waals surface area contributed by atoms with Crippen LogP contribution in [0.3, 0.4) is 0 Å². The number of aliphatic hydroxyl groups is 2. The third-order valence-electron chi connectivity index (χ3n) is 6.43. The molecule has 0 amide bonds. The maximum absolute atomic E-state index is 13.9. The highest BCUT2D eigenvalue weighted by Gasteiger charge is 2.40. The monoisotopic (exact) mass is 608 g/mol. The van der Waals surface area contributed by atoms with Gasteiger partial charge in [0.25, 0.3) is 0 Å². The van der Waals surface area contributed by atoms with Crippen molar-refractivity contribution in [1.82, 2.24) is 4.72 Å². The summed E-state index contributed by atoms with van der Waals surface area (Å²) in [6.45, 7) is 5.45. The number of nitrogens with one attached hydrogen (secondary N) is 2. The molecule has 12 nitrogen and oxygen atoms in total. The number of rotatable bonds is 15. The van der Waals surface area contributed by atoms with E-state index in [4.69, 9.17) is 18.9 Å². The smallest absolute Gasteiger partial charge is 0.338 e. The molecule has 13 heteroatoms. The van der Waals surface area contributed by atoms with Gasteiger partial charge in [-0.2, -0.15) is 4.72 Å². The van der Waals surface area contributed by atoms with E-state index in [1.807, 2.05) is 13.8 Å². The van der Waals surface area contributed by atoms with E-state index in [0.717, 1.165) is 25.3 Å². The fourth-order valence-electron chi connectivity index (χ4n) is 4.12. The third kappa shape index (κ3) is 9.39. The lowest BCUT2D eigenvalue weighted by Gasteiger charge is -2.37. The van der Waals surface area contributed by atoms with E-state index in [2.05, 4.69) is 10.0 Å². The fraction of sp³-hybridized carbons (Fsp3) is 0.517. The van der Waals surface area contributed by atoms with Crippen LogP contribution in [0.25, 0.3) is 0 Å². The Morgan fingerprint density at radius 1 is 1.02 bits per heavy atom. The molecule has 3 rings (SSSR count). The van der Waals surface area contributed by atoms with E-state index in [1.165, 1.54) is 13.0 Å². The van der Waals surface area contributed by atoms with Gasteiger partial charge in [-0.1, -0.05) is 44.9 Å². The van der Waals surface area contributed by atoms with Gasteiger partial charge in [-0.3, -0.25) is 4.79 Å². The number of ether oxygens (including phenoxy) is 4. The van der Waals surface area contributed by atoms with E-state index in [-0.39, 0.29) is 36.6 Å². The Morgan fingerprint density at radius 3 is 2.40 bits per heavy atom. The molecule has 0 aliphatic carbocycles. The van der Waals surface area contributed by atoms with E-state index in [1.54, 1.807) is 30.3 Å². The molecule has 1 heterocycles. The number of hydrogen-bond donors (Lipinski definition) is 4. The van der Waals surface area contributed by atoms with Gasteiger partial charge in [-0.25, -0.2) is 13.2 Å². The van der Waals surface area contributed by atoms with Crippen LogP contribution < -0.4 is 14.8 Å². The Balaban J connectivity index is 2.04. The van der Waals surface area contributed by atoms with Crippen LogP contribution in [-0.4, -0.2) is 74.9 Å². The first-order valence-corrected chi connectivity index (χ1v) is 15.5. The van der Waals surface area contributed by atoms with Crippen molar-refractivity contribution in [1.29, 1.82) is 0 Å². The Bertz CT molecular complexity index is 1290. The second-order valence-corrected chi connectivity index (χ2v) is 11.6. The van der Waals surface area contributed by atoms with Crippen LogP contribution in [0.4, 0.5) is 5.69 Å². The molecule has 232 valence electrons. The number of aliphatic hydroxyl groups excluding tert-OH is 2. The average molecular weight is 609 g/mol. The molecular weight excluding hydrogens is 568 g/mol. The van der Waals surface area contributed by atoms with Crippen LogP contribution >= 0.6 is 0 Å². The summed E-state index contributed by atoms with van der Waals surface area (Å²) in [5, 5.41) is 24.0. The zero-order chi connectivity index (χ0) is 30.7. The molecule has 2 aromatic rings. The average Bonchev–Trinajstić information content (AvgIpc) is 2.95. The van der Waals surface area contributed by atoms with Gasteiger partial charge in [0.1, 0.15) is 29.6 Å². The minimum absolute atomic E-state index is 0.0147. The molecule has 1 aliphatic heterocycles. The standard InChI is InChI=1S/C29H40N2O10S/c1-4-6-13-30-22-15-20(29(35)38-14-7-5-2)16-26(27(22)40-21-11-9-8-10-12-21)42(36,37)31-28-24(34)17-23(33)25(41-28)18-39-19(3)32/h8-12,15-16,23-25,28,30-31,33-34H,4-7,13-14,17-18H2,1-3H3/t23-,24+,25+,28?/m0/s1. The van der Waals surface area contributed by atoms with Crippen molar-refractivity contribution in [3.63, 3.8) is 0 Å². The predicted octanol–water partition coefficient (Wildman–Crippen LogP) is 3.33. The Morgan fingerprint density at radius 2 is 1.74 bits per heavy atom. The van der Waals surface area contributed by atoms with Crippen LogP contribution in [0, 0.1) is 0 Å². The van der Waals surface area contributed by atoms with Crippen LogP contribution in [-0.2, 0) is 29.0 Å². The molecule has 2 aromatic carbocycles. The number of para-hydroxylation sites is 1. The summed E-state index contributed by atoms with van der Waals surface area (Å²) in [6, 6.07) is 11.2. The Labute approximate surface area is 246 Å². The summed E-state index contributed by atoms with van der Waals surface area (Å²) in [5.41, 5.74) is 0.241. The minimum atomic E-state index is -4.55. The number of esters is 2. The van der Waals surface area contributed by atoms with Crippen molar-refractivity contribution in [2.24, 2.45) is 0 Å². The van der Waals surface area contributed by atoms with Crippen LogP contribution in [0.15, 0.2) is 47.4 Å². The normalized spacial score (nSPS) is 20.5. The van der Waals surface area contributed by atoms with Gasteiger partial charge in [-0.15, -0.1) is 0 Å². The number of carbonyl (C=O) groups excluding carboxylic acids is 2. The van der Waals surface area contributed by atoms with Crippen LogP contribution in [0.1, 0.15) is 63.2 Å². The first-order chi connectivity index (χ1) is 20.1. The molecule has 42 heavy (non-hydrogen) atoms. The summed E-state index contributed by atoms with van der Waals surface area (Å²) in [6.07, 6.45) is -2.36. The second-order valence-electron chi connectivity index (χ2n) is 9.93. The van der Waals surface area contributed by atoms with Gasteiger partial charge < -0.3 is 34.5 Å². The number of unbranched alkanes of at least 4 members (excludes halogenated alkanes) is 2. The lowest BCUT2D eigenvalue weighted by atomic mass is 10.0. The molecule has 1 saturated heterocycles. The van der Waals surface area contributed by atoms with Crippen molar-refractivity contribution in [3.05, 3.63) is 48.0 Å². The number of sulfonamides is 1. The highest BCUT2D eigenvalue weighted by Crippen LogP contribution is 2.38. The minimum Gasteiger partial charge on any atom is -0.463 e. The molecule has 0 radical (unpaired) electrons. The molecule has 4 atom stereocenters. The predicted molar refractivity (Wildman–Crippen MR) is 154 cm³/mol. The second kappa shape index (κ2) is 15.8. The maximum atomic E-state index is 13.9. The van der Waals surface area contributed by atoms with E-state index in [0.29, 0.717) is 18.7 Å². The molecule has 0 spiro atoms. The number of benzene rings is 2. The fourth-order valence-corrected chi connectivity index (χ4v) is 5.44. The van der Waals surface area contributed by atoms with Crippen molar-refractivity contribution >= 4 is 27.6 Å². The SMILES string of the molecule is CCCCNc1cc(C(=O)OCCCC)cc(S(=O)(=O)NC2O[C@H](COC(C)=O)[C@@H](O)C[C@H]2O)c1Oc1ccccc1. The maximum Gasteiger partial charge on any atom is 0.338 e. The van der Waals surface area contributed by atoms with Crippen molar-refractivity contribution < 1.29 is 47.2 Å². The lowest BCUT2D eigenvalue weighted by molar-refractivity contribution is -0.190. The first-order valence-electron chi connectivity index (χ1n) is 14.0. The third-order valence-corrected chi connectivity index (χ3v) is 7.85. The Hall–Kier alpha value is -3.23. The van der Waals surface area contributed by atoms with E-state index < -0.39 is 51.4 Å². The molecule has 0 aromatic heterocycles. The highest BCUT2D eigenvalue weighted by atomic mass is 32.2. The molecule has 0 bridgehead atoms. The van der Waals surface area contributed by atoms with Crippen molar-refractivity contribution in [3.8, 4) is 11.5 Å². The molecule has 1 fully saturated rings. The van der Waals surface area contributed by atoms with Crippen molar-refractivity contribution in [2.75, 3.05) is 25.1 Å². The topological polar surface area (TPSA) is 170 Å².